The van der Waals surface area contributed by atoms with E-state index in [2.05, 4.69) is 17.4 Å². The van der Waals surface area contributed by atoms with E-state index in [1.807, 2.05) is 6.07 Å². The highest BCUT2D eigenvalue weighted by molar-refractivity contribution is 5.43. The number of rotatable bonds is 4. The summed E-state index contributed by atoms with van der Waals surface area (Å²) in [5.41, 5.74) is 1.28. The summed E-state index contributed by atoms with van der Waals surface area (Å²) in [6.45, 7) is 3.39. The molecule has 0 amide bonds. The standard InChI is InChI=1S/C16H23NO2/c1-2-4-13(5-3-1)11-17-12-14-6-7-15-16(10-14)19-9-8-18-15/h6-7,10,13,17H,1-5,8-9,11-12H2. The van der Waals surface area contributed by atoms with Gasteiger partial charge in [0.1, 0.15) is 13.2 Å². The molecule has 0 radical (unpaired) electrons. The average Bonchev–Trinajstić information content (AvgIpc) is 2.48. The Bertz CT molecular complexity index is 413. The van der Waals surface area contributed by atoms with E-state index in [1.165, 1.54) is 37.7 Å². The maximum Gasteiger partial charge on any atom is 0.161 e. The Kier molecular flexibility index (Phi) is 4.23. The number of ether oxygens (including phenoxy) is 2. The van der Waals surface area contributed by atoms with E-state index in [9.17, 15) is 0 Å². The molecule has 1 heterocycles. The van der Waals surface area contributed by atoms with Crippen molar-refractivity contribution in [3.05, 3.63) is 23.8 Å². The van der Waals surface area contributed by atoms with Crippen molar-refractivity contribution in [2.75, 3.05) is 19.8 Å². The number of hydrogen-bond donors (Lipinski definition) is 1. The Morgan fingerprint density at radius 3 is 2.63 bits per heavy atom. The van der Waals surface area contributed by atoms with Crippen LogP contribution in [0.2, 0.25) is 0 Å². The highest BCUT2D eigenvalue weighted by Crippen LogP contribution is 2.30. The van der Waals surface area contributed by atoms with E-state index in [0.29, 0.717) is 13.2 Å². The van der Waals surface area contributed by atoms with Gasteiger partial charge < -0.3 is 14.8 Å². The average molecular weight is 261 g/mol. The molecule has 1 N–H and O–H groups in total. The van der Waals surface area contributed by atoms with Gasteiger partial charge in [0.25, 0.3) is 0 Å². The molecular weight excluding hydrogens is 238 g/mol. The molecule has 2 aliphatic rings. The van der Waals surface area contributed by atoms with Crippen molar-refractivity contribution in [2.24, 2.45) is 5.92 Å². The van der Waals surface area contributed by atoms with Gasteiger partial charge in [-0.15, -0.1) is 0 Å². The lowest BCUT2D eigenvalue weighted by molar-refractivity contribution is 0.171. The topological polar surface area (TPSA) is 30.5 Å². The SMILES string of the molecule is c1cc2c(cc1CNCC1CCCCC1)OCCO2. The number of fused-ring (bicyclic) bond motifs is 1. The summed E-state index contributed by atoms with van der Waals surface area (Å²) in [5.74, 6) is 2.65. The quantitative estimate of drug-likeness (QED) is 0.903. The largest absolute Gasteiger partial charge is 0.486 e. The molecule has 0 bridgehead atoms. The molecule has 1 saturated carbocycles. The molecule has 1 aromatic rings. The second-order valence-corrected chi connectivity index (χ2v) is 5.61. The molecule has 3 heteroatoms. The Balaban J connectivity index is 1.49. The van der Waals surface area contributed by atoms with Crippen LogP contribution in [0.25, 0.3) is 0 Å². The smallest absolute Gasteiger partial charge is 0.161 e. The normalized spacial score (nSPS) is 19.4. The molecular formula is C16H23NO2. The van der Waals surface area contributed by atoms with Gasteiger partial charge in [0, 0.05) is 6.54 Å². The predicted octanol–water partition coefficient (Wildman–Crippen LogP) is 3.13. The fraction of sp³-hybridized carbons (Fsp3) is 0.625. The molecule has 0 unspecified atom stereocenters. The molecule has 1 aliphatic heterocycles. The van der Waals surface area contributed by atoms with Crippen LogP contribution < -0.4 is 14.8 Å². The zero-order chi connectivity index (χ0) is 12.9. The second kappa shape index (κ2) is 6.29. The van der Waals surface area contributed by atoms with Crippen molar-refractivity contribution in [3.8, 4) is 11.5 Å². The lowest BCUT2D eigenvalue weighted by Gasteiger charge is -2.22. The lowest BCUT2D eigenvalue weighted by Crippen LogP contribution is -2.24. The molecule has 0 aromatic heterocycles. The first-order valence-electron chi connectivity index (χ1n) is 7.51. The highest BCUT2D eigenvalue weighted by atomic mass is 16.6. The third-order valence-corrected chi connectivity index (χ3v) is 4.09. The van der Waals surface area contributed by atoms with Crippen LogP contribution in [0.1, 0.15) is 37.7 Å². The third-order valence-electron chi connectivity index (χ3n) is 4.09. The van der Waals surface area contributed by atoms with Crippen molar-refractivity contribution in [1.29, 1.82) is 0 Å². The number of benzene rings is 1. The van der Waals surface area contributed by atoms with Gasteiger partial charge in [0.15, 0.2) is 11.5 Å². The van der Waals surface area contributed by atoms with Gasteiger partial charge in [0.2, 0.25) is 0 Å². The molecule has 0 spiro atoms. The summed E-state index contributed by atoms with van der Waals surface area (Å²) >= 11 is 0. The zero-order valence-corrected chi connectivity index (χ0v) is 11.5. The molecule has 104 valence electrons. The molecule has 1 aromatic carbocycles. The van der Waals surface area contributed by atoms with Crippen molar-refractivity contribution >= 4 is 0 Å². The molecule has 1 aliphatic carbocycles. The predicted molar refractivity (Wildman–Crippen MR) is 75.7 cm³/mol. The third kappa shape index (κ3) is 3.41. The maximum absolute atomic E-state index is 5.61. The van der Waals surface area contributed by atoms with E-state index >= 15 is 0 Å². The van der Waals surface area contributed by atoms with E-state index in [1.54, 1.807) is 0 Å². The summed E-state index contributed by atoms with van der Waals surface area (Å²) in [6, 6.07) is 6.25. The van der Waals surface area contributed by atoms with Crippen LogP contribution in [0.4, 0.5) is 0 Å². The van der Waals surface area contributed by atoms with Gasteiger partial charge in [-0.25, -0.2) is 0 Å². The zero-order valence-electron chi connectivity index (χ0n) is 11.5. The van der Waals surface area contributed by atoms with Gasteiger partial charge in [-0.2, -0.15) is 0 Å². The van der Waals surface area contributed by atoms with E-state index < -0.39 is 0 Å². The lowest BCUT2D eigenvalue weighted by atomic mass is 9.89. The molecule has 0 atom stereocenters. The summed E-state index contributed by atoms with van der Waals surface area (Å²) in [4.78, 5) is 0. The minimum Gasteiger partial charge on any atom is -0.486 e. The van der Waals surface area contributed by atoms with Crippen LogP contribution in [0.5, 0.6) is 11.5 Å². The van der Waals surface area contributed by atoms with Crippen LogP contribution in [0.15, 0.2) is 18.2 Å². The highest BCUT2D eigenvalue weighted by Gasteiger charge is 2.14. The fourth-order valence-corrected chi connectivity index (χ4v) is 3.01. The van der Waals surface area contributed by atoms with E-state index in [0.717, 1.165) is 30.5 Å². The number of hydrogen-bond acceptors (Lipinski definition) is 3. The van der Waals surface area contributed by atoms with Crippen molar-refractivity contribution in [2.45, 2.75) is 38.6 Å². The summed E-state index contributed by atoms with van der Waals surface area (Å²) in [7, 11) is 0. The Morgan fingerprint density at radius 2 is 1.79 bits per heavy atom. The first-order valence-corrected chi connectivity index (χ1v) is 7.51. The summed E-state index contributed by atoms with van der Waals surface area (Å²) in [6.07, 6.45) is 7.05. The van der Waals surface area contributed by atoms with Gasteiger partial charge in [-0.3, -0.25) is 0 Å². The van der Waals surface area contributed by atoms with Crippen LogP contribution in [-0.4, -0.2) is 19.8 Å². The first-order chi connectivity index (χ1) is 9.42. The molecule has 3 nitrogen and oxygen atoms in total. The monoisotopic (exact) mass is 261 g/mol. The van der Waals surface area contributed by atoms with E-state index in [4.69, 9.17) is 9.47 Å². The molecule has 3 rings (SSSR count). The van der Waals surface area contributed by atoms with E-state index in [-0.39, 0.29) is 0 Å². The minimum atomic E-state index is 0.659. The van der Waals surface area contributed by atoms with Gasteiger partial charge in [-0.1, -0.05) is 25.3 Å². The van der Waals surface area contributed by atoms with Crippen LogP contribution in [-0.2, 0) is 6.54 Å². The van der Waals surface area contributed by atoms with Crippen molar-refractivity contribution < 1.29 is 9.47 Å². The van der Waals surface area contributed by atoms with Crippen LogP contribution >= 0.6 is 0 Å². The number of nitrogens with one attached hydrogen (secondary N) is 1. The fourth-order valence-electron chi connectivity index (χ4n) is 3.01. The maximum atomic E-state index is 5.61. The Morgan fingerprint density at radius 1 is 1.00 bits per heavy atom. The van der Waals surface area contributed by atoms with Gasteiger partial charge >= 0.3 is 0 Å². The molecule has 1 fully saturated rings. The van der Waals surface area contributed by atoms with Gasteiger partial charge in [0.05, 0.1) is 0 Å². The summed E-state index contributed by atoms with van der Waals surface area (Å²) in [5, 5.41) is 3.58. The molecule has 0 saturated heterocycles. The van der Waals surface area contributed by atoms with Crippen LogP contribution in [0.3, 0.4) is 0 Å². The van der Waals surface area contributed by atoms with Crippen LogP contribution in [0, 0.1) is 5.92 Å². The Labute approximate surface area is 115 Å². The van der Waals surface area contributed by atoms with Gasteiger partial charge in [-0.05, 0) is 43.0 Å². The minimum absolute atomic E-state index is 0.659. The summed E-state index contributed by atoms with van der Waals surface area (Å²) < 4.78 is 11.1. The molecule has 19 heavy (non-hydrogen) atoms. The second-order valence-electron chi connectivity index (χ2n) is 5.61. The van der Waals surface area contributed by atoms with Crippen molar-refractivity contribution in [1.82, 2.24) is 5.32 Å². The van der Waals surface area contributed by atoms with Crippen molar-refractivity contribution in [3.63, 3.8) is 0 Å². The Hall–Kier alpha value is -1.22. The first kappa shape index (κ1) is 12.8.